The quantitative estimate of drug-likeness (QED) is 0.119. The van der Waals surface area contributed by atoms with Gasteiger partial charge < -0.3 is 0 Å². The summed E-state index contributed by atoms with van der Waals surface area (Å²) in [4.78, 5) is 14.9. The van der Waals surface area contributed by atoms with Crippen LogP contribution >= 0.6 is 0 Å². The molecule has 0 radical (unpaired) electrons. The first kappa shape index (κ1) is 85.4. The number of hydrogen-bond donors (Lipinski definition) is 0. The maximum atomic E-state index is 5.20. The van der Waals surface area contributed by atoms with Crippen LogP contribution in [0.3, 0.4) is 0 Å². The molecule has 0 aliphatic rings. The number of hydrogen-bond acceptors (Lipinski definition) is 7. The monoisotopic (exact) mass is 1860 g/mol. The molecule has 0 fully saturated rings. The Morgan fingerprint density at radius 1 is 0.123 bits per heavy atom. The molecule has 0 atom stereocenters. The summed E-state index contributed by atoms with van der Waals surface area (Å²) >= 11 is 0. The van der Waals surface area contributed by atoms with Crippen molar-refractivity contribution in [3.8, 4) is 124 Å². The number of aromatic nitrogens is 11. The lowest BCUT2D eigenvalue weighted by Gasteiger charge is -2.12. The molecule has 21 aromatic carbocycles. The highest BCUT2D eigenvalue weighted by molar-refractivity contribution is 6.26. The van der Waals surface area contributed by atoms with Gasteiger partial charge in [-0.3, -0.25) is 0 Å². The summed E-state index contributed by atoms with van der Waals surface area (Å²) in [6, 6.07) is 186. The van der Waals surface area contributed by atoms with Crippen LogP contribution in [0.5, 0.6) is 0 Å². The standard InChI is InChI=1S/C37H24N2.C35H22N2.C32H21N5.C31H20N2/c1-2-10-27(11-3-1)37-36(35-21-20-26-9-6-7-13-34(26)39(35)38-37)33-19-18-31-23-30(16-17-32(31)24-33)29-15-14-25-8-4-5-12-28(25)22-29;1-2-11-24(12-3-1)35-34(33-21-19-23-10-4-9-17-32(23)37(33)36-35)25-18-20-30-28-15-6-5-13-26(28)27-14-7-8-16-29(27)31(30)22-25;1-4-13-23(14-5-1)29-28(27-21-20-22-12-10-11-19-26(22)37(27)36-29)32-34-30(24-15-6-2-7-16-24)33-31(35-32)25-17-8-3-9-18-25;1-2-11-22(12-3-1)31-30(29-19-18-21-10-5-9-17-28(21)33(29)32-31)27-20-23-13-4-6-14-24(23)25-15-7-8-16-26(25)27/h1-24H;1-22H;1-21H;1-20H. The van der Waals surface area contributed by atoms with Crippen LogP contribution < -0.4 is 0 Å². The Labute approximate surface area is 840 Å². The largest absolute Gasteiger partial charge is 0.232 e. The molecule has 0 amide bonds. The molecule has 30 aromatic rings. The summed E-state index contributed by atoms with van der Waals surface area (Å²) < 4.78 is 8.31. The van der Waals surface area contributed by atoms with E-state index in [1.54, 1.807) is 0 Å². The number of benzene rings is 21. The average molecular weight is 1860 g/mol. The first-order valence-electron chi connectivity index (χ1n) is 49.4. The van der Waals surface area contributed by atoms with E-state index in [9.17, 15) is 0 Å². The first-order chi connectivity index (χ1) is 72.4. The van der Waals surface area contributed by atoms with Gasteiger partial charge in [0.1, 0.15) is 22.8 Å². The number of rotatable bonds is 11. The molecule has 11 nitrogen and oxygen atoms in total. The van der Waals surface area contributed by atoms with E-state index >= 15 is 0 Å². The van der Waals surface area contributed by atoms with Crippen molar-refractivity contribution in [3.63, 3.8) is 0 Å². The van der Waals surface area contributed by atoms with Crippen LogP contribution in [-0.2, 0) is 0 Å². The second-order valence-electron chi connectivity index (χ2n) is 37.0. The van der Waals surface area contributed by atoms with Crippen molar-refractivity contribution >= 4 is 141 Å². The molecule has 0 N–H and O–H groups in total. The second kappa shape index (κ2) is 36.5. The van der Waals surface area contributed by atoms with Gasteiger partial charge in [0.15, 0.2) is 17.5 Å². The van der Waals surface area contributed by atoms with Crippen molar-refractivity contribution in [1.82, 2.24) is 53.4 Å². The van der Waals surface area contributed by atoms with Crippen LogP contribution in [0.15, 0.2) is 528 Å². The van der Waals surface area contributed by atoms with Crippen molar-refractivity contribution in [1.29, 1.82) is 0 Å². The molecule has 30 rings (SSSR count). The van der Waals surface area contributed by atoms with Gasteiger partial charge in [-0.25, -0.2) is 33.0 Å². The van der Waals surface area contributed by atoms with Gasteiger partial charge in [0, 0.05) is 71.6 Å². The third-order valence-corrected chi connectivity index (χ3v) is 28.4. The predicted octanol–water partition coefficient (Wildman–Crippen LogP) is 34.5. The molecule has 146 heavy (non-hydrogen) atoms. The highest BCUT2D eigenvalue weighted by atomic mass is 15.3. The molecule has 682 valence electrons. The van der Waals surface area contributed by atoms with E-state index in [-0.39, 0.29) is 0 Å². The van der Waals surface area contributed by atoms with Crippen LogP contribution in [-0.4, -0.2) is 53.4 Å². The molecule has 0 saturated heterocycles. The fourth-order valence-corrected chi connectivity index (χ4v) is 21.5. The Morgan fingerprint density at radius 2 is 0.377 bits per heavy atom. The topological polar surface area (TPSA) is 108 Å². The Balaban J connectivity index is 0.0000000966. The van der Waals surface area contributed by atoms with Crippen molar-refractivity contribution in [2.75, 3.05) is 0 Å². The minimum Gasteiger partial charge on any atom is -0.232 e. The molecule has 0 aliphatic carbocycles. The molecule has 9 aromatic heterocycles. The third-order valence-electron chi connectivity index (χ3n) is 28.4. The molecular weight excluding hydrogens is 1780 g/mol. The fraction of sp³-hybridized carbons (Fsp3) is 0. The Bertz CT molecular complexity index is 10200. The first-order valence-corrected chi connectivity index (χ1v) is 49.4. The second-order valence-corrected chi connectivity index (χ2v) is 37.0. The Morgan fingerprint density at radius 3 is 0.795 bits per heavy atom. The zero-order chi connectivity index (χ0) is 96.5. The van der Waals surface area contributed by atoms with E-state index in [0.717, 1.165) is 122 Å². The van der Waals surface area contributed by atoms with Gasteiger partial charge in [0.05, 0.1) is 49.7 Å². The molecule has 0 unspecified atom stereocenters. The lowest BCUT2D eigenvalue weighted by Crippen LogP contribution is -2.00. The van der Waals surface area contributed by atoms with E-state index in [1.807, 2.05) is 95.5 Å². The summed E-state index contributed by atoms with van der Waals surface area (Å²) in [7, 11) is 0. The summed E-state index contributed by atoms with van der Waals surface area (Å²) in [5.41, 5.74) is 29.2. The zero-order valence-corrected chi connectivity index (χ0v) is 79.1. The van der Waals surface area contributed by atoms with Gasteiger partial charge in [-0.1, -0.05) is 449 Å². The number of fused-ring (bicyclic) bond motifs is 23. The molecule has 0 spiro atoms. The van der Waals surface area contributed by atoms with Crippen LogP contribution in [0.25, 0.3) is 265 Å². The predicted molar refractivity (Wildman–Crippen MR) is 607 cm³/mol. The van der Waals surface area contributed by atoms with Crippen LogP contribution in [0.1, 0.15) is 0 Å². The van der Waals surface area contributed by atoms with E-state index in [1.165, 1.54) is 125 Å². The minimum absolute atomic E-state index is 0.594. The lowest BCUT2D eigenvalue weighted by atomic mass is 9.91. The number of nitrogens with zero attached hydrogens (tertiary/aromatic N) is 11. The molecule has 9 heterocycles. The summed E-state index contributed by atoms with van der Waals surface area (Å²) in [6.07, 6.45) is 0. The van der Waals surface area contributed by atoms with Gasteiger partial charge in [-0.2, -0.15) is 20.4 Å². The fourth-order valence-electron chi connectivity index (χ4n) is 21.5. The van der Waals surface area contributed by atoms with Gasteiger partial charge in [0.25, 0.3) is 0 Å². The van der Waals surface area contributed by atoms with Gasteiger partial charge in [-0.05, 0) is 182 Å². The summed E-state index contributed by atoms with van der Waals surface area (Å²) in [5, 5.41) is 43.0. The van der Waals surface area contributed by atoms with Crippen molar-refractivity contribution < 1.29 is 0 Å². The van der Waals surface area contributed by atoms with Crippen LogP contribution in [0.4, 0.5) is 0 Å². The van der Waals surface area contributed by atoms with E-state index in [2.05, 4.69) is 450 Å². The van der Waals surface area contributed by atoms with Crippen molar-refractivity contribution in [2.24, 2.45) is 0 Å². The number of para-hydroxylation sites is 4. The Kier molecular flexibility index (Phi) is 21.3. The van der Waals surface area contributed by atoms with E-state index in [4.69, 9.17) is 35.3 Å². The molecule has 0 aliphatic heterocycles. The van der Waals surface area contributed by atoms with Crippen molar-refractivity contribution in [3.05, 3.63) is 528 Å². The lowest BCUT2D eigenvalue weighted by molar-refractivity contribution is 1.01. The number of pyridine rings is 4. The molecular formula is C135H87N11. The van der Waals surface area contributed by atoms with Crippen LogP contribution in [0.2, 0.25) is 0 Å². The highest BCUT2D eigenvalue weighted by Gasteiger charge is 2.27. The minimum atomic E-state index is 0.594. The zero-order valence-electron chi connectivity index (χ0n) is 79.1. The molecule has 11 heteroatoms. The summed E-state index contributed by atoms with van der Waals surface area (Å²) in [5.74, 6) is 1.85. The Hall–Kier alpha value is -19.8. The maximum Gasteiger partial charge on any atom is 0.168 e. The van der Waals surface area contributed by atoms with Gasteiger partial charge in [0.2, 0.25) is 0 Å². The van der Waals surface area contributed by atoms with Gasteiger partial charge >= 0.3 is 0 Å². The summed E-state index contributed by atoms with van der Waals surface area (Å²) in [6.45, 7) is 0. The van der Waals surface area contributed by atoms with E-state index < -0.39 is 0 Å². The van der Waals surface area contributed by atoms with E-state index in [0.29, 0.717) is 17.5 Å². The average Bonchev–Trinajstić information content (AvgIpc) is 1.45. The SMILES string of the molecule is c1ccc(-c2nc(-c3ccccc3)nc(-c3c(-c4ccccc4)nn4c3ccc3ccccc34)n2)cc1.c1ccc(-c2nn3c(ccc4ccccc43)c2-c2cc3ccccc3c3ccccc23)cc1.c1ccc(-c2nn3c(ccc4ccccc43)c2-c2ccc3c4ccccc4c4ccccc4c3c2)cc1.c1ccc(-c2nn3c(ccc4ccccc43)c2-c2ccc3cc(-c4ccc5ccccc5c4)ccc3c2)cc1. The molecule has 0 bridgehead atoms. The maximum absolute atomic E-state index is 5.20. The smallest absolute Gasteiger partial charge is 0.168 e. The van der Waals surface area contributed by atoms with Gasteiger partial charge in [-0.15, -0.1) is 0 Å². The normalized spacial score (nSPS) is 11.6. The molecule has 0 saturated carbocycles. The highest BCUT2D eigenvalue weighted by Crippen LogP contribution is 2.48. The van der Waals surface area contributed by atoms with Crippen molar-refractivity contribution in [2.45, 2.75) is 0 Å². The third kappa shape index (κ3) is 15.3. The van der Waals surface area contributed by atoms with Crippen LogP contribution in [0, 0.1) is 0 Å².